The zero-order valence-electron chi connectivity index (χ0n) is 22.4. The lowest BCUT2D eigenvalue weighted by Crippen LogP contribution is -2.67. The lowest BCUT2D eigenvalue weighted by molar-refractivity contribution is -0.154. The van der Waals surface area contributed by atoms with Gasteiger partial charge in [0.1, 0.15) is 11.2 Å². The average molecular weight is 541 g/mol. The number of nitrogens with one attached hydrogen (secondary N) is 1. The summed E-state index contributed by atoms with van der Waals surface area (Å²) in [5.41, 5.74) is 0.967. The standard InChI is InChI=1S/C31H32N4O5/c1-40-26-12-6-5-10-23(26)15-31(28(37)32-30(39)35(29(31)38)17-21-8-3-2-4-9-21)20-33-16-22-14-24(19-33)25-11-7-13-27(36)34(25)18-22/h2-13,22,24H,14-20H2,1H3,(H,32,37,39)/t22-,24+,31-/m0/s1. The Hall–Kier alpha value is -4.24. The molecule has 1 aromatic heterocycles. The normalized spacial score (nSPS) is 24.4. The second kappa shape index (κ2) is 10.4. The van der Waals surface area contributed by atoms with Crippen molar-refractivity contribution in [3.63, 3.8) is 0 Å². The Morgan fingerprint density at radius 2 is 1.68 bits per heavy atom. The number of nitrogens with zero attached hydrogens (tertiary/aromatic N) is 3. The highest BCUT2D eigenvalue weighted by Crippen LogP contribution is 2.39. The number of methoxy groups -OCH3 is 1. The van der Waals surface area contributed by atoms with Crippen molar-refractivity contribution in [2.75, 3.05) is 26.7 Å². The molecule has 40 heavy (non-hydrogen) atoms. The molecule has 3 aliphatic heterocycles. The Morgan fingerprint density at radius 3 is 2.48 bits per heavy atom. The number of para-hydroxylation sites is 1. The Kier molecular flexibility index (Phi) is 6.75. The van der Waals surface area contributed by atoms with Gasteiger partial charge in [0.15, 0.2) is 0 Å². The lowest BCUT2D eigenvalue weighted by Gasteiger charge is -2.47. The number of carbonyl (C=O) groups excluding carboxylic acids is 3. The number of barbiturate groups is 1. The maximum Gasteiger partial charge on any atom is 0.331 e. The van der Waals surface area contributed by atoms with E-state index < -0.39 is 23.3 Å². The molecule has 2 saturated heterocycles. The van der Waals surface area contributed by atoms with Crippen LogP contribution in [-0.2, 0) is 29.1 Å². The van der Waals surface area contributed by atoms with Crippen molar-refractivity contribution in [3.8, 4) is 5.75 Å². The molecule has 3 aromatic rings. The first-order valence-corrected chi connectivity index (χ1v) is 13.6. The molecule has 4 heterocycles. The fourth-order valence-corrected chi connectivity index (χ4v) is 6.67. The van der Waals surface area contributed by atoms with Crippen LogP contribution in [0.15, 0.2) is 77.6 Å². The molecule has 0 saturated carbocycles. The van der Waals surface area contributed by atoms with Crippen LogP contribution in [0.1, 0.15) is 29.2 Å². The number of aromatic nitrogens is 1. The summed E-state index contributed by atoms with van der Waals surface area (Å²) < 4.78 is 7.44. The van der Waals surface area contributed by atoms with Crippen LogP contribution >= 0.6 is 0 Å². The van der Waals surface area contributed by atoms with E-state index in [1.807, 2.05) is 59.2 Å². The number of hydrogen-bond donors (Lipinski definition) is 1. The summed E-state index contributed by atoms with van der Waals surface area (Å²) in [5, 5.41) is 2.51. The van der Waals surface area contributed by atoms with Crippen LogP contribution in [0.25, 0.3) is 0 Å². The Balaban J connectivity index is 1.37. The molecule has 3 atom stereocenters. The number of amides is 4. The SMILES string of the molecule is COc1ccccc1C[C@]1(CN2C[C@@H]3C[C@H](C2)c2cccc(=O)n2C3)C(=O)NC(=O)N(Cc2ccccc2)C1=O. The summed E-state index contributed by atoms with van der Waals surface area (Å²) >= 11 is 0. The molecule has 9 heteroatoms. The molecule has 6 rings (SSSR count). The number of fused-ring (bicyclic) bond motifs is 4. The van der Waals surface area contributed by atoms with Crippen LogP contribution in [0.2, 0.25) is 0 Å². The molecule has 0 spiro atoms. The van der Waals surface area contributed by atoms with E-state index in [0.29, 0.717) is 25.4 Å². The highest BCUT2D eigenvalue weighted by molar-refractivity contribution is 6.19. The molecule has 2 fully saturated rings. The van der Waals surface area contributed by atoms with Crippen LogP contribution in [0.3, 0.4) is 0 Å². The monoisotopic (exact) mass is 540 g/mol. The van der Waals surface area contributed by atoms with Gasteiger partial charge in [0.05, 0.1) is 13.7 Å². The second-order valence-electron chi connectivity index (χ2n) is 11.1. The van der Waals surface area contributed by atoms with Gasteiger partial charge in [-0.1, -0.05) is 54.6 Å². The predicted molar refractivity (Wildman–Crippen MR) is 148 cm³/mol. The van der Waals surface area contributed by atoms with E-state index in [4.69, 9.17) is 4.74 Å². The van der Waals surface area contributed by atoms with E-state index in [1.54, 1.807) is 25.3 Å². The minimum Gasteiger partial charge on any atom is -0.496 e. The first-order chi connectivity index (χ1) is 19.4. The van der Waals surface area contributed by atoms with Crippen LogP contribution in [0.4, 0.5) is 4.79 Å². The minimum atomic E-state index is -1.54. The predicted octanol–water partition coefficient (Wildman–Crippen LogP) is 2.78. The molecule has 3 aliphatic rings. The molecular formula is C31H32N4O5. The highest BCUT2D eigenvalue weighted by Gasteiger charge is 2.55. The molecule has 206 valence electrons. The number of likely N-dealkylation sites (tertiary alicyclic amines) is 1. The summed E-state index contributed by atoms with van der Waals surface area (Å²) in [5.74, 6) is -0.182. The van der Waals surface area contributed by atoms with Gasteiger partial charge in [0.25, 0.3) is 5.56 Å². The van der Waals surface area contributed by atoms with Crippen molar-refractivity contribution in [3.05, 3.63) is 100.0 Å². The fourth-order valence-electron chi connectivity index (χ4n) is 6.67. The number of carbonyl (C=O) groups is 3. The van der Waals surface area contributed by atoms with Crippen molar-refractivity contribution in [1.82, 2.24) is 19.7 Å². The van der Waals surface area contributed by atoms with E-state index in [-0.39, 0.29) is 36.9 Å². The smallest absolute Gasteiger partial charge is 0.331 e. The number of pyridine rings is 1. The third kappa shape index (κ3) is 4.60. The second-order valence-corrected chi connectivity index (χ2v) is 11.1. The van der Waals surface area contributed by atoms with Crippen molar-refractivity contribution in [1.29, 1.82) is 0 Å². The quantitative estimate of drug-likeness (QED) is 0.463. The summed E-state index contributed by atoms with van der Waals surface area (Å²) in [6.45, 7) is 2.09. The largest absolute Gasteiger partial charge is 0.496 e. The topological polar surface area (TPSA) is 101 Å². The van der Waals surface area contributed by atoms with Crippen molar-refractivity contribution in [2.24, 2.45) is 11.3 Å². The first kappa shape index (κ1) is 26.0. The van der Waals surface area contributed by atoms with E-state index in [9.17, 15) is 19.2 Å². The number of hydrogen-bond acceptors (Lipinski definition) is 6. The summed E-state index contributed by atoms with van der Waals surface area (Å²) in [7, 11) is 1.56. The number of imide groups is 2. The Morgan fingerprint density at radius 1 is 0.900 bits per heavy atom. The third-order valence-corrected chi connectivity index (χ3v) is 8.47. The van der Waals surface area contributed by atoms with E-state index in [1.165, 1.54) is 0 Å². The molecule has 1 N–H and O–H groups in total. The van der Waals surface area contributed by atoms with E-state index in [2.05, 4.69) is 10.2 Å². The van der Waals surface area contributed by atoms with Gasteiger partial charge in [0.2, 0.25) is 11.8 Å². The van der Waals surface area contributed by atoms with Gasteiger partial charge in [-0.15, -0.1) is 0 Å². The molecular weight excluding hydrogens is 508 g/mol. The van der Waals surface area contributed by atoms with Crippen molar-refractivity contribution in [2.45, 2.75) is 31.8 Å². The number of benzene rings is 2. The maximum absolute atomic E-state index is 14.4. The molecule has 2 aromatic carbocycles. The molecule has 9 nitrogen and oxygen atoms in total. The van der Waals surface area contributed by atoms with E-state index in [0.717, 1.165) is 28.1 Å². The zero-order chi connectivity index (χ0) is 27.9. The van der Waals surface area contributed by atoms with Crippen molar-refractivity contribution < 1.29 is 19.1 Å². The number of urea groups is 1. The molecule has 0 unspecified atom stereocenters. The van der Waals surface area contributed by atoms with Gasteiger partial charge in [-0.2, -0.15) is 0 Å². The lowest BCUT2D eigenvalue weighted by atomic mass is 9.75. The average Bonchev–Trinajstić information content (AvgIpc) is 2.95. The maximum atomic E-state index is 14.4. The van der Waals surface area contributed by atoms with Gasteiger partial charge >= 0.3 is 6.03 Å². The Labute approximate surface area is 232 Å². The minimum absolute atomic E-state index is 0.00481. The zero-order valence-corrected chi connectivity index (χ0v) is 22.4. The summed E-state index contributed by atoms with van der Waals surface area (Å²) in [4.78, 5) is 57.0. The van der Waals surface area contributed by atoms with Crippen LogP contribution in [0.5, 0.6) is 5.75 Å². The van der Waals surface area contributed by atoms with Gasteiger partial charge in [-0.25, -0.2) is 4.79 Å². The number of ether oxygens (including phenoxy) is 1. The van der Waals surface area contributed by atoms with Gasteiger partial charge < -0.3 is 14.2 Å². The third-order valence-electron chi connectivity index (χ3n) is 8.47. The first-order valence-electron chi connectivity index (χ1n) is 13.6. The van der Waals surface area contributed by atoms with Gasteiger partial charge in [-0.3, -0.25) is 24.6 Å². The van der Waals surface area contributed by atoms with Gasteiger partial charge in [0, 0.05) is 50.3 Å². The Bertz CT molecular complexity index is 1520. The fraction of sp³-hybridized carbons (Fsp3) is 0.355. The molecule has 4 amide bonds. The number of piperidine rings is 1. The highest BCUT2D eigenvalue weighted by atomic mass is 16.5. The van der Waals surface area contributed by atoms with Gasteiger partial charge in [-0.05, 0) is 35.6 Å². The molecule has 0 aliphatic carbocycles. The molecule has 2 bridgehead atoms. The number of rotatable bonds is 7. The molecule has 0 radical (unpaired) electrons. The summed E-state index contributed by atoms with van der Waals surface area (Å²) in [6.07, 6.45) is 1.04. The van der Waals surface area contributed by atoms with Crippen LogP contribution < -0.4 is 15.6 Å². The summed E-state index contributed by atoms with van der Waals surface area (Å²) in [6, 6.07) is 21.3. The van der Waals surface area contributed by atoms with Crippen LogP contribution in [-0.4, -0.2) is 59.0 Å². The van der Waals surface area contributed by atoms with E-state index >= 15 is 0 Å². The van der Waals surface area contributed by atoms with Crippen molar-refractivity contribution >= 4 is 17.8 Å². The van der Waals surface area contributed by atoms with Crippen LogP contribution in [0, 0.1) is 11.3 Å².